The summed E-state index contributed by atoms with van der Waals surface area (Å²) in [5.74, 6) is 1.62. The van der Waals surface area contributed by atoms with E-state index >= 15 is 0 Å². The van der Waals surface area contributed by atoms with Gasteiger partial charge in [-0.25, -0.2) is 9.13 Å². The molecule has 0 amide bonds. The molecule has 0 bridgehead atoms. The minimum Gasteiger partial charge on any atom is -0.234 e. The van der Waals surface area contributed by atoms with Crippen LogP contribution in [0, 0.1) is 0 Å². The number of imidazole rings is 1. The molecule has 0 aromatic carbocycles. The fraction of sp³-hybridized carbons (Fsp3) is 0.929. The number of hydrogen-bond acceptors (Lipinski definition) is 0. The molecule has 0 unspecified atom stereocenters. The molecule has 260 valence electrons. The lowest BCUT2D eigenvalue weighted by Crippen LogP contribution is -2.37. The second kappa shape index (κ2) is 33.6. The Bertz CT molecular complexity index is 677. The topological polar surface area (TPSA) is 8.81 Å². The van der Waals surface area contributed by atoms with Gasteiger partial charge >= 0.3 is 0 Å². The first kappa shape index (κ1) is 41.2. The summed E-state index contributed by atoms with van der Waals surface area (Å²) in [6.07, 6.45) is 53.4. The summed E-state index contributed by atoms with van der Waals surface area (Å²) < 4.78 is 5.27. The third-order valence-corrected chi connectivity index (χ3v) is 10.1. The van der Waals surface area contributed by atoms with E-state index in [1.165, 1.54) is 231 Å². The van der Waals surface area contributed by atoms with Crippen LogP contribution < -0.4 is 4.57 Å². The molecule has 0 atom stereocenters. The maximum absolute atomic E-state index is 2.64. The maximum Gasteiger partial charge on any atom is 0.256 e. The van der Waals surface area contributed by atoms with E-state index in [-0.39, 0.29) is 0 Å². The first-order valence-electron chi connectivity index (χ1n) is 20.9. The van der Waals surface area contributed by atoms with Gasteiger partial charge in [0.05, 0.1) is 13.1 Å². The van der Waals surface area contributed by atoms with E-state index in [2.05, 4.69) is 42.3 Å². The summed E-state index contributed by atoms with van der Waals surface area (Å²) in [4.78, 5) is 0. The predicted octanol–water partition coefficient (Wildman–Crippen LogP) is 14.3. The number of nitrogens with zero attached hydrogens (tertiary/aromatic N) is 2. The molecule has 0 fully saturated rings. The molecule has 0 spiro atoms. The Morgan fingerprint density at radius 1 is 0.386 bits per heavy atom. The molecule has 0 N–H and O–H groups in total. The van der Waals surface area contributed by atoms with Crippen molar-refractivity contribution in [2.45, 2.75) is 252 Å². The highest BCUT2D eigenvalue weighted by Gasteiger charge is 2.16. The van der Waals surface area contributed by atoms with Crippen molar-refractivity contribution in [2.75, 3.05) is 0 Å². The van der Waals surface area contributed by atoms with Crippen LogP contribution in [0.3, 0.4) is 0 Å². The van der Waals surface area contributed by atoms with E-state index in [9.17, 15) is 0 Å². The Balaban J connectivity index is 2.25. The summed E-state index contributed by atoms with van der Waals surface area (Å²) in [6, 6.07) is 0. The molecule has 1 rings (SSSR count). The van der Waals surface area contributed by atoms with Crippen LogP contribution in [-0.4, -0.2) is 4.57 Å². The van der Waals surface area contributed by atoms with Gasteiger partial charge in [0, 0.05) is 6.42 Å². The van der Waals surface area contributed by atoms with E-state index in [4.69, 9.17) is 0 Å². The monoisotopic (exact) mass is 616 g/mol. The average Bonchev–Trinajstić information content (AvgIpc) is 3.42. The lowest BCUT2D eigenvalue weighted by Gasteiger charge is -2.07. The standard InChI is InChI=1S/C42H83N2/c1-4-7-10-13-16-19-21-22-23-24-25-27-30-33-36-39-44-41-40-43(38-35-32-29-26-20-17-14-11-8-5-2)42(44)37-34-31-28-18-15-12-9-6-3/h40-41H,4-39H2,1-3H3/q+1. The van der Waals surface area contributed by atoms with Gasteiger partial charge in [-0.05, 0) is 32.1 Å². The Morgan fingerprint density at radius 3 is 1.09 bits per heavy atom. The Morgan fingerprint density at radius 2 is 0.705 bits per heavy atom. The molecule has 1 aromatic rings. The fourth-order valence-electron chi connectivity index (χ4n) is 7.03. The molecule has 2 nitrogen and oxygen atoms in total. The van der Waals surface area contributed by atoms with Crippen molar-refractivity contribution in [3.63, 3.8) is 0 Å². The van der Waals surface area contributed by atoms with Gasteiger partial charge in [-0.15, -0.1) is 0 Å². The van der Waals surface area contributed by atoms with Gasteiger partial charge < -0.3 is 0 Å². The zero-order valence-corrected chi connectivity index (χ0v) is 31.0. The van der Waals surface area contributed by atoms with Crippen LogP contribution in [0.2, 0.25) is 0 Å². The van der Waals surface area contributed by atoms with Gasteiger partial charge in [0.1, 0.15) is 12.4 Å². The molecule has 0 radical (unpaired) electrons. The van der Waals surface area contributed by atoms with Crippen LogP contribution in [0.5, 0.6) is 0 Å². The van der Waals surface area contributed by atoms with Crippen LogP contribution in [0.1, 0.15) is 238 Å². The van der Waals surface area contributed by atoms with Gasteiger partial charge in [0.25, 0.3) is 5.82 Å². The molecule has 1 aromatic heterocycles. The lowest BCUT2D eigenvalue weighted by atomic mass is 10.0. The summed E-state index contributed by atoms with van der Waals surface area (Å²) >= 11 is 0. The minimum atomic E-state index is 1.23. The smallest absolute Gasteiger partial charge is 0.234 e. The minimum absolute atomic E-state index is 1.23. The zero-order chi connectivity index (χ0) is 31.6. The van der Waals surface area contributed by atoms with Crippen LogP contribution in [0.25, 0.3) is 0 Å². The quantitative estimate of drug-likeness (QED) is 0.0524. The van der Waals surface area contributed by atoms with Gasteiger partial charge in [0.15, 0.2) is 0 Å². The van der Waals surface area contributed by atoms with E-state index in [1.807, 2.05) is 0 Å². The SMILES string of the molecule is CCCCCCCCCCCCCCCCCn1cc[n+](CCCCCCCCCCCC)c1CCCCCCCCCC. The number of aryl methyl sites for hydroxylation is 2. The number of unbranched alkanes of at least 4 members (excludes halogenated alkanes) is 30. The van der Waals surface area contributed by atoms with Crippen LogP contribution in [-0.2, 0) is 19.5 Å². The van der Waals surface area contributed by atoms with Crippen molar-refractivity contribution in [2.24, 2.45) is 0 Å². The normalized spacial score (nSPS) is 11.6. The number of aromatic nitrogens is 2. The molecular formula is C42H83N2+. The summed E-state index contributed by atoms with van der Waals surface area (Å²) in [6.45, 7) is 9.41. The van der Waals surface area contributed by atoms with Gasteiger partial charge in [-0.2, -0.15) is 0 Å². The summed E-state index contributed by atoms with van der Waals surface area (Å²) in [5, 5.41) is 0. The zero-order valence-electron chi connectivity index (χ0n) is 31.0. The van der Waals surface area contributed by atoms with Crippen LogP contribution in [0.15, 0.2) is 12.4 Å². The van der Waals surface area contributed by atoms with Crippen molar-refractivity contribution < 1.29 is 4.57 Å². The second-order valence-corrected chi connectivity index (χ2v) is 14.5. The molecule has 2 heteroatoms. The number of hydrogen-bond donors (Lipinski definition) is 0. The van der Waals surface area contributed by atoms with Crippen LogP contribution in [0.4, 0.5) is 0 Å². The van der Waals surface area contributed by atoms with Gasteiger partial charge in [-0.3, -0.25) is 0 Å². The van der Waals surface area contributed by atoms with E-state index in [0.717, 1.165) is 0 Å². The van der Waals surface area contributed by atoms with Crippen molar-refractivity contribution >= 4 is 0 Å². The van der Waals surface area contributed by atoms with E-state index in [0.29, 0.717) is 0 Å². The third-order valence-electron chi connectivity index (χ3n) is 10.1. The molecule has 0 aliphatic carbocycles. The molecule has 44 heavy (non-hydrogen) atoms. The number of rotatable bonds is 36. The first-order chi connectivity index (χ1) is 21.8. The Hall–Kier alpha value is -0.790. The maximum atomic E-state index is 2.64. The van der Waals surface area contributed by atoms with Crippen molar-refractivity contribution in [1.82, 2.24) is 4.57 Å². The lowest BCUT2D eigenvalue weighted by molar-refractivity contribution is -0.704. The highest BCUT2D eigenvalue weighted by atomic mass is 15.1. The summed E-state index contributed by atoms with van der Waals surface area (Å²) in [5.41, 5.74) is 0. The summed E-state index contributed by atoms with van der Waals surface area (Å²) in [7, 11) is 0. The highest BCUT2D eigenvalue weighted by molar-refractivity contribution is 4.84. The Kier molecular flexibility index (Phi) is 31.5. The van der Waals surface area contributed by atoms with Crippen molar-refractivity contribution in [3.8, 4) is 0 Å². The van der Waals surface area contributed by atoms with Crippen molar-refractivity contribution in [3.05, 3.63) is 18.2 Å². The van der Waals surface area contributed by atoms with E-state index in [1.54, 1.807) is 5.82 Å². The second-order valence-electron chi connectivity index (χ2n) is 14.5. The van der Waals surface area contributed by atoms with Crippen LogP contribution >= 0.6 is 0 Å². The molecular weight excluding hydrogens is 532 g/mol. The Labute approximate surface area is 279 Å². The largest absolute Gasteiger partial charge is 0.256 e. The molecule has 0 aliphatic heterocycles. The predicted molar refractivity (Wildman–Crippen MR) is 198 cm³/mol. The third kappa shape index (κ3) is 25.4. The van der Waals surface area contributed by atoms with Gasteiger partial charge in [0.2, 0.25) is 0 Å². The first-order valence-corrected chi connectivity index (χ1v) is 20.9. The van der Waals surface area contributed by atoms with Gasteiger partial charge in [-0.1, -0.05) is 201 Å². The average molecular weight is 616 g/mol. The molecule has 0 saturated heterocycles. The van der Waals surface area contributed by atoms with Crippen molar-refractivity contribution in [1.29, 1.82) is 0 Å². The fourth-order valence-corrected chi connectivity index (χ4v) is 7.03. The van der Waals surface area contributed by atoms with E-state index < -0.39 is 0 Å². The molecule has 0 aliphatic rings. The molecule has 1 heterocycles. The highest BCUT2D eigenvalue weighted by Crippen LogP contribution is 2.15. The molecule has 0 saturated carbocycles.